The van der Waals surface area contributed by atoms with E-state index < -0.39 is 22.3 Å². The minimum atomic E-state index is -3.82. The third-order valence-corrected chi connectivity index (χ3v) is 4.14. The topological polar surface area (TPSA) is 102 Å². The molecule has 1 aromatic rings. The summed E-state index contributed by atoms with van der Waals surface area (Å²) < 4.78 is 36.1. The largest absolute Gasteiger partial charge is 0.478 e. The van der Waals surface area contributed by atoms with Gasteiger partial charge in [0.25, 0.3) is 0 Å². The Morgan fingerprint density at radius 2 is 1.95 bits per heavy atom. The van der Waals surface area contributed by atoms with Crippen LogP contribution in [0.25, 0.3) is 0 Å². The van der Waals surface area contributed by atoms with Gasteiger partial charge in [-0.15, -0.1) is 0 Å². The lowest BCUT2D eigenvalue weighted by molar-refractivity contribution is -0.0960. The quantitative estimate of drug-likeness (QED) is 0.715. The lowest BCUT2D eigenvalue weighted by atomic mass is 10.1. The first-order valence-electron chi connectivity index (χ1n) is 5.71. The van der Waals surface area contributed by atoms with Crippen LogP contribution in [0.2, 0.25) is 0 Å². The van der Waals surface area contributed by atoms with E-state index in [1.807, 2.05) is 0 Å². The van der Waals surface area contributed by atoms with Crippen molar-refractivity contribution in [3.05, 3.63) is 29.3 Å². The SMILES string of the molecule is COC(CNS(=O)(=O)c1ccc(C)c(C(=O)O)c1)OC. The van der Waals surface area contributed by atoms with E-state index in [9.17, 15) is 13.2 Å². The van der Waals surface area contributed by atoms with Crippen molar-refractivity contribution in [1.29, 1.82) is 0 Å². The Bertz CT molecular complexity index is 580. The van der Waals surface area contributed by atoms with Crippen molar-refractivity contribution in [2.75, 3.05) is 20.8 Å². The Morgan fingerprint density at radius 3 is 2.45 bits per heavy atom. The van der Waals surface area contributed by atoms with Gasteiger partial charge >= 0.3 is 5.97 Å². The molecule has 0 amide bonds. The molecule has 0 aliphatic carbocycles. The molecule has 0 radical (unpaired) electrons. The molecule has 0 spiro atoms. The van der Waals surface area contributed by atoms with Crippen molar-refractivity contribution in [3.8, 4) is 0 Å². The molecule has 1 rings (SSSR count). The van der Waals surface area contributed by atoms with Crippen LogP contribution in [0.3, 0.4) is 0 Å². The third-order valence-electron chi connectivity index (χ3n) is 2.72. The standard InChI is InChI=1S/C12H17NO6S/c1-8-4-5-9(6-10(8)12(14)15)20(16,17)13-7-11(18-2)19-3/h4-6,11,13H,7H2,1-3H3,(H,14,15). The predicted molar refractivity (Wildman–Crippen MR) is 71.1 cm³/mol. The Labute approximate surface area is 117 Å². The number of carboxylic acids is 1. The molecule has 0 saturated heterocycles. The maximum Gasteiger partial charge on any atom is 0.335 e. The van der Waals surface area contributed by atoms with Gasteiger partial charge in [-0.05, 0) is 24.6 Å². The van der Waals surface area contributed by atoms with E-state index >= 15 is 0 Å². The minimum absolute atomic E-state index is 0.0529. The molecular formula is C12H17NO6S. The molecule has 0 bridgehead atoms. The van der Waals surface area contributed by atoms with Crippen LogP contribution in [0.4, 0.5) is 0 Å². The number of carboxylic acid groups (broad SMARTS) is 1. The van der Waals surface area contributed by atoms with Crippen LogP contribution in [-0.2, 0) is 19.5 Å². The van der Waals surface area contributed by atoms with Gasteiger partial charge in [0.2, 0.25) is 10.0 Å². The second-order valence-corrected chi connectivity index (χ2v) is 5.80. The Hall–Kier alpha value is -1.48. The van der Waals surface area contributed by atoms with Gasteiger partial charge in [0.1, 0.15) is 0 Å². The molecule has 7 nitrogen and oxygen atoms in total. The number of rotatable bonds is 7. The summed E-state index contributed by atoms with van der Waals surface area (Å²) in [5.74, 6) is -1.17. The maximum atomic E-state index is 12.0. The molecule has 1 aromatic carbocycles. The Morgan fingerprint density at radius 1 is 1.35 bits per heavy atom. The average Bonchev–Trinajstić information content (AvgIpc) is 2.39. The average molecular weight is 303 g/mol. The van der Waals surface area contributed by atoms with Gasteiger partial charge in [0.05, 0.1) is 17.0 Å². The molecule has 20 heavy (non-hydrogen) atoms. The molecule has 0 atom stereocenters. The number of carbonyl (C=O) groups is 1. The highest BCUT2D eigenvalue weighted by atomic mass is 32.2. The first-order chi connectivity index (χ1) is 9.31. The summed E-state index contributed by atoms with van der Waals surface area (Å²) in [6.45, 7) is 1.52. The number of nitrogens with one attached hydrogen (secondary N) is 1. The molecular weight excluding hydrogens is 286 g/mol. The number of aryl methyl sites for hydroxylation is 1. The summed E-state index contributed by atoms with van der Waals surface area (Å²) in [5, 5.41) is 8.99. The fraction of sp³-hybridized carbons (Fsp3) is 0.417. The first kappa shape index (κ1) is 16.6. The highest BCUT2D eigenvalue weighted by Gasteiger charge is 2.19. The Balaban J connectivity index is 2.98. The van der Waals surface area contributed by atoms with E-state index in [0.717, 1.165) is 6.07 Å². The van der Waals surface area contributed by atoms with Gasteiger partial charge in [0.15, 0.2) is 6.29 Å². The van der Waals surface area contributed by atoms with Crippen LogP contribution in [0.15, 0.2) is 23.1 Å². The predicted octanol–water partition coefficient (Wildman–Crippen LogP) is 0.590. The highest BCUT2D eigenvalue weighted by molar-refractivity contribution is 7.89. The second-order valence-electron chi connectivity index (χ2n) is 4.03. The fourth-order valence-electron chi connectivity index (χ4n) is 1.52. The molecule has 0 saturated carbocycles. The zero-order chi connectivity index (χ0) is 15.3. The number of benzene rings is 1. The second kappa shape index (κ2) is 6.80. The first-order valence-corrected chi connectivity index (χ1v) is 7.19. The Kier molecular flexibility index (Phi) is 5.63. The summed E-state index contributed by atoms with van der Waals surface area (Å²) in [6.07, 6.45) is -0.714. The van der Waals surface area contributed by atoms with Gasteiger partial charge in [-0.3, -0.25) is 0 Å². The van der Waals surface area contributed by atoms with Crippen molar-refractivity contribution in [2.24, 2.45) is 0 Å². The number of aromatic carboxylic acids is 1. The molecule has 0 aliphatic heterocycles. The van der Waals surface area contributed by atoms with Crippen LogP contribution in [-0.4, -0.2) is 46.5 Å². The van der Waals surface area contributed by atoms with Gasteiger partial charge < -0.3 is 14.6 Å². The van der Waals surface area contributed by atoms with E-state index in [2.05, 4.69) is 4.72 Å². The smallest absolute Gasteiger partial charge is 0.335 e. The normalized spacial score (nSPS) is 11.8. The van der Waals surface area contributed by atoms with Gasteiger partial charge in [0, 0.05) is 14.2 Å². The zero-order valence-electron chi connectivity index (χ0n) is 11.4. The maximum absolute atomic E-state index is 12.0. The van der Waals surface area contributed by atoms with E-state index in [4.69, 9.17) is 14.6 Å². The molecule has 0 heterocycles. The van der Waals surface area contributed by atoms with Crippen LogP contribution in [0, 0.1) is 6.92 Å². The summed E-state index contributed by atoms with van der Waals surface area (Å²) in [6, 6.07) is 3.91. The number of hydrogen-bond acceptors (Lipinski definition) is 5. The molecule has 112 valence electrons. The number of ether oxygens (including phenoxy) is 2. The number of sulfonamides is 1. The van der Waals surface area contributed by atoms with Crippen LogP contribution in [0.5, 0.6) is 0 Å². The van der Waals surface area contributed by atoms with Crippen molar-refractivity contribution in [2.45, 2.75) is 18.1 Å². The van der Waals surface area contributed by atoms with E-state index in [1.54, 1.807) is 6.92 Å². The molecule has 0 unspecified atom stereocenters. The zero-order valence-corrected chi connectivity index (χ0v) is 12.2. The summed E-state index contributed by atoms with van der Waals surface area (Å²) in [4.78, 5) is 10.9. The number of methoxy groups -OCH3 is 2. The lowest BCUT2D eigenvalue weighted by Gasteiger charge is -2.14. The van der Waals surface area contributed by atoms with E-state index in [0.29, 0.717) is 5.56 Å². The molecule has 2 N–H and O–H groups in total. The monoisotopic (exact) mass is 303 g/mol. The molecule has 0 aromatic heterocycles. The summed E-state index contributed by atoms with van der Waals surface area (Å²) in [5.41, 5.74) is 0.436. The van der Waals surface area contributed by atoms with Crippen molar-refractivity contribution in [1.82, 2.24) is 4.72 Å². The van der Waals surface area contributed by atoms with Crippen LogP contribution < -0.4 is 4.72 Å². The summed E-state index contributed by atoms with van der Waals surface area (Å²) >= 11 is 0. The summed E-state index contributed by atoms with van der Waals surface area (Å²) in [7, 11) is -1.05. The van der Waals surface area contributed by atoms with Crippen molar-refractivity contribution in [3.63, 3.8) is 0 Å². The van der Waals surface area contributed by atoms with Gasteiger partial charge in [-0.1, -0.05) is 6.07 Å². The van der Waals surface area contributed by atoms with Gasteiger partial charge in [-0.2, -0.15) is 0 Å². The van der Waals surface area contributed by atoms with Crippen molar-refractivity contribution >= 4 is 16.0 Å². The van der Waals surface area contributed by atoms with Crippen LogP contribution >= 0.6 is 0 Å². The minimum Gasteiger partial charge on any atom is -0.478 e. The fourth-order valence-corrected chi connectivity index (χ4v) is 2.57. The molecule has 0 aliphatic rings. The van der Waals surface area contributed by atoms with E-state index in [-0.39, 0.29) is 17.0 Å². The van der Waals surface area contributed by atoms with Crippen LogP contribution in [0.1, 0.15) is 15.9 Å². The molecule has 0 fully saturated rings. The highest BCUT2D eigenvalue weighted by Crippen LogP contribution is 2.15. The van der Waals surface area contributed by atoms with Crippen molar-refractivity contribution < 1.29 is 27.8 Å². The third kappa shape index (κ3) is 4.01. The molecule has 8 heteroatoms. The van der Waals surface area contributed by atoms with E-state index in [1.165, 1.54) is 26.4 Å². The number of hydrogen-bond donors (Lipinski definition) is 2. The van der Waals surface area contributed by atoms with Gasteiger partial charge in [-0.25, -0.2) is 17.9 Å². The lowest BCUT2D eigenvalue weighted by Crippen LogP contribution is -2.34.